The van der Waals surface area contributed by atoms with Crippen LogP contribution in [-0.4, -0.2) is 56.5 Å². The van der Waals surface area contributed by atoms with Gasteiger partial charge in [-0.3, -0.25) is 0 Å². The summed E-state index contributed by atoms with van der Waals surface area (Å²) in [7, 11) is 2.14. The SMILES string of the molecule is CCCCCC[N](CCCCCC)[Ti]([O]C)([N](CCCCCC)CCCCCC)[N](CCCCCC)CCCCCC. The van der Waals surface area contributed by atoms with Crippen molar-refractivity contribution in [3.05, 3.63) is 0 Å². The van der Waals surface area contributed by atoms with Crippen LogP contribution in [0.2, 0.25) is 0 Å². The fraction of sp³-hybridized carbons (Fsp3) is 1.00. The summed E-state index contributed by atoms with van der Waals surface area (Å²) in [5, 5.41) is 0. The third-order valence-corrected chi connectivity index (χ3v) is 16.0. The third kappa shape index (κ3) is 19.2. The van der Waals surface area contributed by atoms with E-state index in [2.05, 4.69) is 58.8 Å². The molecule has 0 saturated carbocycles. The second-order valence-corrected chi connectivity index (χ2v) is 18.5. The number of unbranched alkanes of at least 4 members (excludes halogenated alkanes) is 18. The molecule has 0 saturated heterocycles. The zero-order valence-corrected chi connectivity index (χ0v) is 32.0. The van der Waals surface area contributed by atoms with Crippen LogP contribution in [0.3, 0.4) is 0 Å². The molecule has 0 bridgehead atoms. The van der Waals surface area contributed by atoms with Crippen LogP contribution in [0.15, 0.2) is 0 Å². The van der Waals surface area contributed by atoms with E-state index in [4.69, 9.17) is 3.32 Å². The van der Waals surface area contributed by atoms with Crippen LogP contribution in [0, 0.1) is 0 Å². The van der Waals surface area contributed by atoms with Gasteiger partial charge in [-0.05, 0) is 0 Å². The first-order chi connectivity index (χ1) is 20.6. The average molecular weight is 632 g/mol. The van der Waals surface area contributed by atoms with Gasteiger partial charge in [0, 0.05) is 0 Å². The molecule has 0 aromatic heterocycles. The number of nitrogens with zero attached hydrogens (tertiary/aromatic N) is 3. The van der Waals surface area contributed by atoms with Crippen LogP contribution < -0.4 is 0 Å². The third-order valence-electron chi connectivity index (χ3n) is 9.20. The molecule has 254 valence electrons. The van der Waals surface area contributed by atoms with E-state index < -0.39 is 17.7 Å². The van der Waals surface area contributed by atoms with Crippen molar-refractivity contribution in [3.8, 4) is 0 Å². The van der Waals surface area contributed by atoms with Gasteiger partial charge in [0.15, 0.2) is 0 Å². The molecular weight excluding hydrogens is 550 g/mol. The van der Waals surface area contributed by atoms with E-state index in [9.17, 15) is 0 Å². The summed E-state index contributed by atoms with van der Waals surface area (Å²) < 4.78 is 16.3. The molecular formula is C37H81N3OTi. The average Bonchev–Trinajstić information content (AvgIpc) is 3.00. The maximum atomic E-state index is 7.23. The first-order valence-corrected chi connectivity index (χ1v) is 22.2. The molecule has 0 aliphatic heterocycles. The molecule has 42 heavy (non-hydrogen) atoms. The molecule has 0 rings (SSSR count). The first kappa shape index (κ1) is 42.6. The summed E-state index contributed by atoms with van der Waals surface area (Å²) in [6.07, 6.45) is 32.3. The Labute approximate surface area is 272 Å². The Morgan fingerprint density at radius 2 is 0.500 bits per heavy atom. The summed E-state index contributed by atoms with van der Waals surface area (Å²) in [6, 6.07) is 0. The van der Waals surface area contributed by atoms with Crippen LogP contribution in [0.1, 0.15) is 196 Å². The Balaban J connectivity index is 6.57. The number of hydrogen-bond acceptors (Lipinski definition) is 4. The van der Waals surface area contributed by atoms with Crippen LogP contribution in [0.5, 0.6) is 0 Å². The fourth-order valence-electron chi connectivity index (χ4n) is 6.57. The Bertz CT molecular complexity index is 430. The van der Waals surface area contributed by atoms with Gasteiger partial charge in [-0.1, -0.05) is 0 Å². The van der Waals surface area contributed by atoms with Crippen molar-refractivity contribution in [2.24, 2.45) is 0 Å². The molecule has 0 aromatic rings. The molecule has 0 aromatic carbocycles. The standard InChI is InChI=1S/3C12H26N.CH3O.Ti/c3*1-3-5-7-9-11-13-12-10-8-6-4-2;1-2;/h3*3-12H2,1-2H3;1H3;/q4*-1;+4. The minimum absolute atomic E-state index is 1.24. The monoisotopic (exact) mass is 632 g/mol. The molecule has 0 fully saturated rings. The van der Waals surface area contributed by atoms with Crippen LogP contribution in [0.25, 0.3) is 0 Å². The molecule has 0 aliphatic rings. The van der Waals surface area contributed by atoms with Crippen LogP contribution >= 0.6 is 0 Å². The van der Waals surface area contributed by atoms with Crippen molar-refractivity contribution < 1.29 is 21.1 Å². The predicted octanol–water partition coefficient (Wildman–Crippen LogP) is 11.8. The van der Waals surface area contributed by atoms with Crippen molar-refractivity contribution in [3.63, 3.8) is 0 Å². The Kier molecular flexibility index (Phi) is 31.9. The summed E-state index contributed by atoms with van der Waals surface area (Å²) in [5.74, 6) is 0. The van der Waals surface area contributed by atoms with E-state index in [1.807, 2.05) is 0 Å². The molecule has 0 atom stereocenters. The topological polar surface area (TPSA) is 19.0 Å². The maximum absolute atomic E-state index is 7.23. The molecule has 0 unspecified atom stereocenters. The van der Waals surface area contributed by atoms with Crippen molar-refractivity contribution in [2.45, 2.75) is 196 Å². The molecule has 0 amide bonds. The minimum atomic E-state index is -3.25. The summed E-state index contributed by atoms with van der Waals surface area (Å²) in [6.45, 7) is 21.5. The van der Waals surface area contributed by atoms with E-state index in [1.54, 1.807) is 0 Å². The Morgan fingerprint density at radius 1 is 0.310 bits per heavy atom. The summed E-state index contributed by atoms with van der Waals surface area (Å²) >= 11 is -3.25. The zero-order valence-electron chi connectivity index (χ0n) is 30.5. The van der Waals surface area contributed by atoms with Gasteiger partial charge in [-0.25, -0.2) is 0 Å². The van der Waals surface area contributed by atoms with Crippen LogP contribution in [-0.2, 0) is 21.1 Å². The first-order valence-electron chi connectivity index (χ1n) is 19.4. The van der Waals surface area contributed by atoms with Gasteiger partial charge < -0.3 is 0 Å². The molecule has 0 spiro atoms. The Hall–Kier alpha value is 0.554. The summed E-state index contributed by atoms with van der Waals surface area (Å²) in [5.41, 5.74) is 0. The van der Waals surface area contributed by atoms with Crippen molar-refractivity contribution in [1.82, 2.24) is 10.1 Å². The molecule has 0 heterocycles. The Morgan fingerprint density at radius 3 is 0.643 bits per heavy atom. The van der Waals surface area contributed by atoms with Gasteiger partial charge in [0.25, 0.3) is 0 Å². The number of hydrogen-bond donors (Lipinski definition) is 0. The van der Waals surface area contributed by atoms with Crippen molar-refractivity contribution in [2.75, 3.05) is 46.4 Å². The van der Waals surface area contributed by atoms with Gasteiger partial charge in [0.2, 0.25) is 0 Å². The number of rotatable bonds is 34. The molecule has 5 heteroatoms. The van der Waals surface area contributed by atoms with Gasteiger partial charge in [0.05, 0.1) is 0 Å². The van der Waals surface area contributed by atoms with Gasteiger partial charge in [-0.2, -0.15) is 0 Å². The van der Waals surface area contributed by atoms with Gasteiger partial charge >= 0.3 is 273 Å². The second kappa shape index (κ2) is 31.5. The van der Waals surface area contributed by atoms with E-state index in [0.717, 1.165) is 0 Å². The van der Waals surface area contributed by atoms with E-state index >= 15 is 0 Å². The van der Waals surface area contributed by atoms with Crippen molar-refractivity contribution in [1.29, 1.82) is 0 Å². The normalized spacial score (nSPS) is 12.4. The predicted molar refractivity (Wildman–Crippen MR) is 187 cm³/mol. The summed E-state index contributed by atoms with van der Waals surface area (Å²) in [4.78, 5) is 0. The van der Waals surface area contributed by atoms with Crippen molar-refractivity contribution >= 4 is 0 Å². The van der Waals surface area contributed by atoms with Gasteiger partial charge in [-0.15, -0.1) is 0 Å². The quantitative estimate of drug-likeness (QED) is 0.0519. The zero-order chi connectivity index (χ0) is 31.2. The van der Waals surface area contributed by atoms with E-state index in [1.165, 1.54) is 193 Å². The molecule has 4 nitrogen and oxygen atoms in total. The van der Waals surface area contributed by atoms with Crippen LogP contribution in [0.4, 0.5) is 0 Å². The van der Waals surface area contributed by atoms with Gasteiger partial charge in [0.1, 0.15) is 0 Å². The molecule has 0 radical (unpaired) electrons. The fourth-order valence-corrected chi connectivity index (χ4v) is 13.9. The van der Waals surface area contributed by atoms with E-state index in [-0.39, 0.29) is 0 Å². The molecule has 0 N–H and O–H groups in total. The molecule has 0 aliphatic carbocycles. The second-order valence-electron chi connectivity index (χ2n) is 13.1. The van der Waals surface area contributed by atoms with E-state index in [0.29, 0.717) is 0 Å².